The second-order valence-corrected chi connectivity index (χ2v) is 4.94. The van der Waals surface area contributed by atoms with E-state index in [1.54, 1.807) is 18.2 Å². The first-order chi connectivity index (χ1) is 11.1. The van der Waals surface area contributed by atoms with Crippen molar-refractivity contribution in [2.45, 2.75) is 19.8 Å². The van der Waals surface area contributed by atoms with Gasteiger partial charge in [-0.05, 0) is 49.2 Å². The van der Waals surface area contributed by atoms with Crippen molar-refractivity contribution in [1.29, 1.82) is 0 Å². The van der Waals surface area contributed by atoms with E-state index < -0.39 is 5.91 Å². The molecule has 0 fully saturated rings. The van der Waals surface area contributed by atoms with E-state index in [4.69, 9.17) is 15.2 Å². The molecular weight excluding hydrogens is 294 g/mol. The number of aryl methyl sites for hydroxylation is 1. The molecule has 2 aromatic carbocycles. The molecule has 5 nitrogen and oxygen atoms in total. The summed E-state index contributed by atoms with van der Waals surface area (Å²) in [6.07, 6.45) is 0.815. The Morgan fingerprint density at radius 3 is 2.43 bits per heavy atom. The van der Waals surface area contributed by atoms with Crippen LogP contribution in [0.25, 0.3) is 0 Å². The second-order valence-electron chi connectivity index (χ2n) is 4.94. The minimum absolute atomic E-state index is 0.245. The van der Waals surface area contributed by atoms with Gasteiger partial charge < -0.3 is 15.2 Å². The number of hydrogen-bond donors (Lipinski definition) is 1. The lowest BCUT2D eigenvalue weighted by Gasteiger charge is -2.06. The number of carbonyl (C=O) groups is 2. The molecule has 0 unspecified atom stereocenters. The normalized spacial score (nSPS) is 10.1. The van der Waals surface area contributed by atoms with Crippen molar-refractivity contribution >= 4 is 11.9 Å². The molecule has 23 heavy (non-hydrogen) atoms. The predicted octanol–water partition coefficient (Wildman–Crippen LogP) is 2.72. The van der Waals surface area contributed by atoms with Gasteiger partial charge in [0.15, 0.2) is 0 Å². The van der Waals surface area contributed by atoms with Crippen molar-refractivity contribution in [2.24, 2.45) is 5.73 Å². The molecule has 2 rings (SSSR count). The maximum absolute atomic E-state index is 11.9. The fourth-order valence-corrected chi connectivity index (χ4v) is 2.06. The smallest absolute Gasteiger partial charge is 0.311 e. The van der Waals surface area contributed by atoms with Gasteiger partial charge in [0.1, 0.15) is 11.5 Å². The minimum Gasteiger partial charge on any atom is -0.494 e. The Morgan fingerprint density at radius 1 is 1.04 bits per heavy atom. The summed E-state index contributed by atoms with van der Waals surface area (Å²) in [6, 6.07) is 13.9. The Morgan fingerprint density at radius 2 is 1.78 bits per heavy atom. The number of benzene rings is 2. The third-order valence-corrected chi connectivity index (χ3v) is 3.20. The monoisotopic (exact) mass is 313 g/mol. The van der Waals surface area contributed by atoms with Crippen molar-refractivity contribution < 1.29 is 19.1 Å². The van der Waals surface area contributed by atoms with Crippen LogP contribution in [0.1, 0.15) is 29.3 Å². The Bertz CT molecular complexity index is 680. The quantitative estimate of drug-likeness (QED) is 0.629. The van der Waals surface area contributed by atoms with E-state index in [1.807, 2.05) is 31.2 Å². The summed E-state index contributed by atoms with van der Waals surface area (Å²) in [5.74, 6) is 0.206. The summed E-state index contributed by atoms with van der Waals surface area (Å²) in [7, 11) is 0. The second kappa shape index (κ2) is 7.98. The van der Waals surface area contributed by atoms with Gasteiger partial charge >= 0.3 is 5.97 Å². The van der Waals surface area contributed by atoms with Crippen molar-refractivity contribution in [1.82, 2.24) is 0 Å². The number of primary amides is 1. The summed E-state index contributed by atoms with van der Waals surface area (Å²) >= 11 is 0. The van der Waals surface area contributed by atoms with E-state index in [9.17, 15) is 9.59 Å². The van der Waals surface area contributed by atoms with Crippen LogP contribution >= 0.6 is 0 Å². The van der Waals surface area contributed by atoms with Crippen molar-refractivity contribution in [3.8, 4) is 11.5 Å². The van der Waals surface area contributed by atoms with Gasteiger partial charge in [-0.2, -0.15) is 0 Å². The number of carbonyl (C=O) groups excluding carboxylic acids is 2. The zero-order valence-corrected chi connectivity index (χ0v) is 13.0. The zero-order valence-electron chi connectivity index (χ0n) is 13.0. The van der Waals surface area contributed by atoms with Crippen molar-refractivity contribution in [3.05, 3.63) is 59.7 Å². The van der Waals surface area contributed by atoms with Crippen LogP contribution in [0.15, 0.2) is 48.5 Å². The number of esters is 1. The highest BCUT2D eigenvalue weighted by molar-refractivity contribution is 5.93. The summed E-state index contributed by atoms with van der Waals surface area (Å²) < 4.78 is 10.6. The fraction of sp³-hybridized carbons (Fsp3) is 0.222. The average Bonchev–Trinajstić information content (AvgIpc) is 2.55. The highest BCUT2D eigenvalue weighted by atomic mass is 16.5. The van der Waals surface area contributed by atoms with Gasteiger partial charge in [-0.25, -0.2) is 0 Å². The van der Waals surface area contributed by atoms with Gasteiger partial charge in [-0.1, -0.05) is 18.2 Å². The molecule has 0 radical (unpaired) electrons. The first-order valence-corrected chi connectivity index (χ1v) is 7.40. The van der Waals surface area contributed by atoms with Gasteiger partial charge in [0.2, 0.25) is 5.91 Å². The van der Waals surface area contributed by atoms with Crippen LogP contribution in [0.3, 0.4) is 0 Å². The first-order valence-electron chi connectivity index (χ1n) is 7.40. The summed E-state index contributed by atoms with van der Waals surface area (Å²) in [4.78, 5) is 23.0. The van der Waals surface area contributed by atoms with Gasteiger partial charge in [0.25, 0.3) is 0 Å². The lowest BCUT2D eigenvalue weighted by molar-refractivity contribution is -0.134. The van der Waals surface area contributed by atoms with E-state index >= 15 is 0 Å². The molecule has 0 aliphatic rings. The third-order valence-electron chi connectivity index (χ3n) is 3.20. The topological polar surface area (TPSA) is 78.6 Å². The van der Waals surface area contributed by atoms with E-state index in [-0.39, 0.29) is 12.4 Å². The highest BCUT2D eigenvalue weighted by Crippen LogP contribution is 2.16. The number of rotatable bonds is 7. The van der Waals surface area contributed by atoms with Gasteiger partial charge in [-0.3, -0.25) is 9.59 Å². The first kappa shape index (κ1) is 16.5. The molecule has 0 aliphatic heterocycles. The van der Waals surface area contributed by atoms with E-state index in [0.29, 0.717) is 24.3 Å². The van der Waals surface area contributed by atoms with Crippen LogP contribution in [0.2, 0.25) is 0 Å². The molecule has 1 amide bonds. The summed E-state index contributed by atoms with van der Waals surface area (Å²) in [6.45, 7) is 2.55. The zero-order chi connectivity index (χ0) is 16.7. The molecule has 0 bridgehead atoms. The lowest BCUT2D eigenvalue weighted by atomic mass is 10.1. The van der Waals surface area contributed by atoms with E-state index in [2.05, 4.69) is 0 Å². The Balaban J connectivity index is 1.87. The molecule has 0 heterocycles. The molecule has 0 aliphatic carbocycles. The molecule has 0 saturated heterocycles. The maximum atomic E-state index is 11.9. The standard InChI is InChI=1S/C18H19NO4/c1-2-22-15-9-6-13(7-10-15)8-11-17(20)23-16-5-3-4-14(12-16)18(19)21/h3-7,9-10,12H,2,8,11H2,1H3,(H2,19,21). The summed E-state index contributed by atoms with van der Waals surface area (Å²) in [5, 5.41) is 0. The van der Waals surface area contributed by atoms with Crippen molar-refractivity contribution in [2.75, 3.05) is 6.61 Å². The molecule has 2 N–H and O–H groups in total. The fourth-order valence-electron chi connectivity index (χ4n) is 2.06. The Labute approximate surface area is 135 Å². The number of hydrogen-bond acceptors (Lipinski definition) is 4. The van der Waals surface area contributed by atoms with Crippen LogP contribution in [-0.2, 0) is 11.2 Å². The van der Waals surface area contributed by atoms with Crippen LogP contribution in [-0.4, -0.2) is 18.5 Å². The largest absolute Gasteiger partial charge is 0.494 e. The molecule has 0 saturated carbocycles. The van der Waals surface area contributed by atoms with Crippen LogP contribution in [0.4, 0.5) is 0 Å². The number of nitrogens with two attached hydrogens (primary N) is 1. The predicted molar refractivity (Wildman–Crippen MR) is 86.5 cm³/mol. The van der Waals surface area contributed by atoms with Crippen LogP contribution < -0.4 is 15.2 Å². The third kappa shape index (κ3) is 5.14. The molecule has 0 spiro atoms. The van der Waals surface area contributed by atoms with E-state index in [1.165, 1.54) is 6.07 Å². The molecule has 0 aromatic heterocycles. The molecule has 5 heteroatoms. The molecule has 120 valence electrons. The Hall–Kier alpha value is -2.82. The minimum atomic E-state index is -0.558. The van der Waals surface area contributed by atoms with Crippen LogP contribution in [0.5, 0.6) is 11.5 Å². The van der Waals surface area contributed by atoms with Crippen molar-refractivity contribution in [3.63, 3.8) is 0 Å². The van der Waals surface area contributed by atoms with Gasteiger partial charge in [0, 0.05) is 12.0 Å². The van der Waals surface area contributed by atoms with E-state index in [0.717, 1.165) is 11.3 Å². The maximum Gasteiger partial charge on any atom is 0.311 e. The molecular formula is C18H19NO4. The number of amides is 1. The molecule has 2 aromatic rings. The van der Waals surface area contributed by atoms with Gasteiger partial charge in [0.05, 0.1) is 6.61 Å². The summed E-state index contributed by atoms with van der Waals surface area (Å²) in [5.41, 5.74) is 6.52. The Kier molecular flexibility index (Phi) is 5.74. The van der Waals surface area contributed by atoms with Gasteiger partial charge in [-0.15, -0.1) is 0 Å². The lowest BCUT2D eigenvalue weighted by Crippen LogP contribution is -2.12. The SMILES string of the molecule is CCOc1ccc(CCC(=O)Oc2cccc(C(N)=O)c2)cc1. The molecule has 0 atom stereocenters. The number of ether oxygens (including phenoxy) is 2. The highest BCUT2D eigenvalue weighted by Gasteiger charge is 2.08. The average molecular weight is 313 g/mol. The van der Waals surface area contributed by atoms with Crippen LogP contribution in [0, 0.1) is 0 Å².